The minimum absolute atomic E-state index is 0.180. The quantitative estimate of drug-likeness (QED) is 0.832. The summed E-state index contributed by atoms with van der Waals surface area (Å²) >= 11 is 6.04. The van der Waals surface area contributed by atoms with Crippen LogP contribution in [0.25, 0.3) is 0 Å². The van der Waals surface area contributed by atoms with E-state index >= 15 is 0 Å². The Bertz CT molecular complexity index is 568. The van der Waals surface area contributed by atoms with E-state index in [1.807, 2.05) is 16.8 Å². The molecule has 2 rings (SSSR count). The number of esters is 1. The number of thiazole rings is 1. The molecule has 1 N–H and O–H groups in total. The van der Waals surface area contributed by atoms with Gasteiger partial charge in [-0.3, -0.25) is 14.9 Å². The van der Waals surface area contributed by atoms with E-state index < -0.39 is 11.9 Å². The first-order valence-corrected chi connectivity index (χ1v) is 7.76. The maximum atomic E-state index is 11.5. The molecule has 0 aliphatic carbocycles. The van der Waals surface area contributed by atoms with Gasteiger partial charge in [0.1, 0.15) is 0 Å². The molecule has 0 unspecified atom stereocenters. The Labute approximate surface area is 125 Å². The highest BCUT2D eigenvalue weighted by Crippen LogP contribution is 2.22. The number of rotatable bonds is 5. The predicted octanol–water partition coefficient (Wildman–Crippen LogP) is 2.69. The number of aromatic nitrogens is 1. The van der Waals surface area contributed by atoms with Crippen LogP contribution in [0.2, 0.25) is 0 Å². The molecule has 0 spiro atoms. The van der Waals surface area contributed by atoms with E-state index in [4.69, 9.17) is 4.74 Å². The van der Waals surface area contributed by atoms with Gasteiger partial charge >= 0.3 is 5.97 Å². The fourth-order valence-electron chi connectivity index (χ4n) is 1.22. The number of amides is 1. The zero-order chi connectivity index (χ0) is 13.7. The first-order valence-electron chi connectivity index (χ1n) is 5.21. The molecule has 100 valence electrons. The van der Waals surface area contributed by atoms with Crippen molar-refractivity contribution in [1.82, 2.24) is 4.98 Å². The second-order valence-electron chi connectivity index (χ2n) is 3.49. The van der Waals surface area contributed by atoms with Crippen LogP contribution in [0.15, 0.2) is 26.8 Å². The van der Waals surface area contributed by atoms with Gasteiger partial charge in [0, 0.05) is 0 Å². The minimum atomic E-state index is -0.422. The first-order chi connectivity index (χ1) is 9.13. The van der Waals surface area contributed by atoms with Crippen LogP contribution < -0.4 is 5.32 Å². The fourth-order valence-corrected chi connectivity index (χ4v) is 3.02. The lowest BCUT2D eigenvalue weighted by Gasteiger charge is -2.03. The summed E-state index contributed by atoms with van der Waals surface area (Å²) in [5.41, 5.74) is 0.888. The largest absolute Gasteiger partial charge is 0.455 e. The van der Waals surface area contributed by atoms with Gasteiger partial charge in [0.25, 0.3) is 5.91 Å². The van der Waals surface area contributed by atoms with Crippen molar-refractivity contribution >= 4 is 55.6 Å². The monoisotopic (exact) mass is 360 g/mol. The number of anilines is 1. The van der Waals surface area contributed by atoms with Crippen molar-refractivity contribution in [1.29, 1.82) is 0 Å². The van der Waals surface area contributed by atoms with Crippen molar-refractivity contribution in [2.75, 3.05) is 11.9 Å². The number of carbonyl (C=O) groups is 2. The molecule has 8 heteroatoms. The van der Waals surface area contributed by atoms with Gasteiger partial charge in [-0.15, -0.1) is 0 Å². The molecule has 2 aromatic heterocycles. The molecule has 0 fully saturated rings. The highest BCUT2D eigenvalue weighted by molar-refractivity contribution is 9.11. The minimum Gasteiger partial charge on any atom is -0.455 e. The molecule has 5 nitrogen and oxygen atoms in total. The average molecular weight is 361 g/mol. The van der Waals surface area contributed by atoms with Crippen molar-refractivity contribution in [2.24, 2.45) is 0 Å². The van der Waals surface area contributed by atoms with E-state index in [1.165, 1.54) is 22.7 Å². The Balaban J connectivity index is 1.72. The lowest BCUT2D eigenvalue weighted by Crippen LogP contribution is -2.21. The van der Waals surface area contributed by atoms with Crippen LogP contribution in [0.3, 0.4) is 0 Å². The summed E-state index contributed by atoms with van der Waals surface area (Å²) in [6.45, 7) is -0.305. The Morgan fingerprint density at radius 1 is 1.47 bits per heavy atom. The lowest BCUT2D eigenvalue weighted by atomic mass is 10.2. The molecule has 2 heterocycles. The topological polar surface area (TPSA) is 68.3 Å². The molecule has 0 saturated carbocycles. The smallest absolute Gasteiger partial charge is 0.310 e. The van der Waals surface area contributed by atoms with Gasteiger partial charge in [-0.2, -0.15) is 11.3 Å². The summed E-state index contributed by atoms with van der Waals surface area (Å²) in [4.78, 5) is 26.9. The highest BCUT2D eigenvalue weighted by Gasteiger charge is 2.10. The first kappa shape index (κ1) is 14.2. The number of carbonyl (C=O) groups excluding carboxylic acids is 2. The van der Waals surface area contributed by atoms with Crippen molar-refractivity contribution < 1.29 is 14.3 Å². The van der Waals surface area contributed by atoms with Crippen LogP contribution in [0.1, 0.15) is 5.56 Å². The van der Waals surface area contributed by atoms with Crippen molar-refractivity contribution in [3.63, 3.8) is 0 Å². The van der Waals surface area contributed by atoms with Crippen LogP contribution in [-0.2, 0) is 20.7 Å². The van der Waals surface area contributed by atoms with Gasteiger partial charge in [-0.05, 0) is 38.3 Å². The highest BCUT2D eigenvalue weighted by atomic mass is 79.9. The average Bonchev–Trinajstić information content (AvgIpc) is 2.99. The van der Waals surface area contributed by atoms with Crippen LogP contribution in [0, 0.1) is 0 Å². The van der Waals surface area contributed by atoms with E-state index in [2.05, 4.69) is 26.2 Å². The second kappa shape index (κ2) is 6.78. The predicted molar refractivity (Wildman–Crippen MR) is 77.4 cm³/mol. The summed E-state index contributed by atoms with van der Waals surface area (Å²) in [6.07, 6.45) is 1.77. The molecule has 19 heavy (non-hydrogen) atoms. The Morgan fingerprint density at radius 3 is 2.95 bits per heavy atom. The zero-order valence-electron chi connectivity index (χ0n) is 9.59. The third kappa shape index (κ3) is 4.73. The Morgan fingerprint density at radius 2 is 2.32 bits per heavy atom. The molecule has 0 radical (unpaired) electrons. The van der Waals surface area contributed by atoms with Gasteiger partial charge in [-0.1, -0.05) is 11.3 Å². The molecule has 0 saturated heterocycles. The normalized spacial score (nSPS) is 10.2. The lowest BCUT2D eigenvalue weighted by molar-refractivity contribution is -0.146. The number of hydrogen-bond acceptors (Lipinski definition) is 6. The SMILES string of the molecule is O=C(COC(=O)Cc1ccsc1)Nc1ncc(Br)s1. The molecule has 0 atom stereocenters. The summed E-state index contributed by atoms with van der Waals surface area (Å²) in [5, 5.41) is 6.76. The second-order valence-corrected chi connectivity index (χ2v) is 6.68. The van der Waals surface area contributed by atoms with Crippen LogP contribution in [-0.4, -0.2) is 23.5 Å². The van der Waals surface area contributed by atoms with Gasteiger partial charge in [0.05, 0.1) is 16.4 Å². The van der Waals surface area contributed by atoms with Gasteiger partial charge in [0.2, 0.25) is 0 Å². The summed E-state index contributed by atoms with van der Waals surface area (Å²) in [6, 6.07) is 1.85. The molecule has 2 aromatic rings. The summed E-state index contributed by atoms with van der Waals surface area (Å²) in [5.74, 6) is -0.825. The van der Waals surface area contributed by atoms with Crippen LogP contribution >= 0.6 is 38.6 Å². The van der Waals surface area contributed by atoms with E-state index in [0.29, 0.717) is 5.13 Å². The standard InChI is InChI=1S/C11H9BrN2O3S2/c12-8-4-13-11(19-8)14-9(15)5-17-10(16)3-7-1-2-18-6-7/h1-2,4,6H,3,5H2,(H,13,14,15). The third-order valence-corrected chi connectivity index (χ3v) is 4.14. The molecule has 0 aliphatic rings. The maximum Gasteiger partial charge on any atom is 0.310 e. The van der Waals surface area contributed by atoms with Crippen molar-refractivity contribution in [2.45, 2.75) is 6.42 Å². The number of nitrogens with one attached hydrogen (secondary N) is 1. The number of halogens is 1. The van der Waals surface area contributed by atoms with E-state index in [-0.39, 0.29) is 13.0 Å². The molecule has 0 aromatic carbocycles. The molecule has 0 bridgehead atoms. The van der Waals surface area contributed by atoms with E-state index in [9.17, 15) is 9.59 Å². The summed E-state index contributed by atoms with van der Waals surface area (Å²) < 4.78 is 5.69. The van der Waals surface area contributed by atoms with Crippen LogP contribution in [0.5, 0.6) is 0 Å². The number of nitrogens with zero attached hydrogens (tertiary/aromatic N) is 1. The van der Waals surface area contributed by atoms with Gasteiger partial charge in [-0.25, -0.2) is 4.98 Å². The maximum absolute atomic E-state index is 11.5. The zero-order valence-corrected chi connectivity index (χ0v) is 12.8. The fraction of sp³-hybridized carbons (Fsp3) is 0.182. The van der Waals surface area contributed by atoms with E-state index in [0.717, 1.165) is 9.35 Å². The molecular formula is C11H9BrN2O3S2. The van der Waals surface area contributed by atoms with Crippen LogP contribution in [0.4, 0.5) is 5.13 Å². The van der Waals surface area contributed by atoms with E-state index in [1.54, 1.807) is 6.20 Å². The van der Waals surface area contributed by atoms with Gasteiger partial charge < -0.3 is 4.74 Å². The third-order valence-electron chi connectivity index (χ3n) is 2.02. The Kier molecular flexibility index (Phi) is 5.06. The number of hydrogen-bond donors (Lipinski definition) is 1. The molecular weight excluding hydrogens is 352 g/mol. The van der Waals surface area contributed by atoms with Crippen molar-refractivity contribution in [3.05, 3.63) is 32.4 Å². The number of ether oxygens (including phenoxy) is 1. The van der Waals surface area contributed by atoms with Gasteiger partial charge in [0.15, 0.2) is 11.7 Å². The number of thiophene rings is 1. The summed E-state index contributed by atoms with van der Waals surface area (Å²) in [7, 11) is 0. The Hall–Kier alpha value is -1.25. The van der Waals surface area contributed by atoms with Crippen molar-refractivity contribution in [3.8, 4) is 0 Å². The molecule has 1 amide bonds. The molecule has 0 aliphatic heterocycles.